The van der Waals surface area contributed by atoms with Crippen LogP contribution >= 0.6 is 0 Å². The van der Waals surface area contributed by atoms with Gasteiger partial charge < -0.3 is 9.73 Å². The van der Waals surface area contributed by atoms with E-state index in [0.29, 0.717) is 11.6 Å². The number of dihydropyridines is 1. The highest BCUT2D eigenvalue weighted by molar-refractivity contribution is 6.04. The second-order valence-electron chi connectivity index (χ2n) is 6.43. The molecule has 0 saturated carbocycles. The van der Waals surface area contributed by atoms with Crippen LogP contribution in [0.25, 0.3) is 22.1 Å². The van der Waals surface area contributed by atoms with Crippen molar-refractivity contribution in [2.75, 3.05) is 0 Å². The standard InChI is InChI=1S/C20H20N2O/c1-12(2)14-9-10-21-18(11-14)17-6-4-5-15-16-8-7-13(3)22-20(16)23-19(15)17/h4-12,18,21H,1-3H3/t18-/m0/s1. The lowest BCUT2D eigenvalue weighted by atomic mass is 9.94. The number of rotatable bonds is 2. The van der Waals surface area contributed by atoms with Crippen LogP contribution in [0.4, 0.5) is 0 Å². The average Bonchev–Trinajstić information content (AvgIpc) is 2.92. The molecule has 1 aliphatic heterocycles. The Bertz CT molecular complexity index is 947. The molecule has 3 aromatic rings. The minimum absolute atomic E-state index is 0.128. The van der Waals surface area contributed by atoms with Gasteiger partial charge in [-0.3, -0.25) is 0 Å². The Labute approximate surface area is 135 Å². The summed E-state index contributed by atoms with van der Waals surface area (Å²) in [6.45, 7) is 6.42. The number of hydrogen-bond acceptors (Lipinski definition) is 3. The number of allylic oxidation sites excluding steroid dienone is 2. The van der Waals surface area contributed by atoms with Crippen LogP contribution in [0.3, 0.4) is 0 Å². The topological polar surface area (TPSA) is 38.1 Å². The number of aromatic nitrogens is 1. The molecule has 0 amide bonds. The van der Waals surface area contributed by atoms with E-state index in [1.54, 1.807) is 0 Å². The molecule has 0 aliphatic carbocycles. The third-order valence-electron chi connectivity index (χ3n) is 4.45. The molecule has 1 atom stereocenters. The lowest BCUT2D eigenvalue weighted by molar-refractivity contribution is 0.631. The fraction of sp³-hybridized carbons (Fsp3) is 0.250. The van der Waals surface area contributed by atoms with Gasteiger partial charge in [-0.1, -0.05) is 38.1 Å². The monoisotopic (exact) mass is 304 g/mol. The second kappa shape index (κ2) is 5.27. The molecular weight excluding hydrogens is 284 g/mol. The molecule has 3 heteroatoms. The third-order valence-corrected chi connectivity index (χ3v) is 4.45. The number of benzene rings is 1. The van der Waals surface area contributed by atoms with Crippen LogP contribution in [0, 0.1) is 12.8 Å². The molecule has 0 radical (unpaired) electrons. The number of aryl methyl sites for hydroxylation is 1. The van der Waals surface area contributed by atoms with E-state index in [9.17, 15) is 0 Å². The maximum Gasteiger partial charge on any atom is 0.227 e. The van der Waals surface area contributed by atoms with Crippen molar-refractivity contribution in [3.63, 3.8) is 0 Å². The SMILES string of the molecule is Cc1ccc2c(n1)oc1c([C@@H]3C=C(C(C)C)C=CN3)cccc12. The van der Waals surface area contributed by atoms with E-state index in [-0.39, 0.29) is 6.04 Å². The normalized spacial score (nSPS) is 17.7. The summed E-state index contributed by atoms with van der Waals surface area (Å²) in [6.07, 6.45) is 6.46. The van der Waals surface area contributed by atoms with E-state index < -0.39 is 0 Å². The Kier molecular flexibility index (Phi) is 3.22. The van der Waals surface area contributed by atoms with Crippen LogP contribution in [0.1, 0.15) is 31.1 Å². The molecule has 0 unspecified atom stereocenters. The zero-order chi connectivity index (χ0) is 16.0. The number of hydrogen-bond donors (Lipinski definition) is 1. The first-order valence-corrected chi connectivity index (χ1v) is 8.06. The van der Waals surface area contributed by atoms with Gasteiger partial charge in [0.05, 0.1) is 6.04 Å². The number of pyridine rings is 1. The summed E-state index contributed by atoms with van der Waals surface area (Å²) in [5.74, 6) is 0.509. The van der Waals surface area contributed by atoms with Gasteiger partial charge in [-0.2, -0.15) is 0 Å². The van der Waals surface area contributed by atoms with Gasteiger partial charge in [0.1, 0.15) is 5.58 Å². The lowest BCUT2D eigenvalue weighted by Gasteiger charge is -2.21. The van der Waals surface area contributed by atoms with E-state index in [2.05, 4.69) is 60.6 Å². The average molecular weight is 304 g/mol. The maximum atomic E-state index is 6.11. The van der Waals surface area contributed by atoms with Gasteiger partial charge in [-0.25, -0.2) is 4.98 Å². The van der Waals surface area contributed by atoms with E-state index >= 15 is 0 Å². The molecule has 0 fully saturated rings. The molecule has 3 heterocycles. The first-order chi connectivity index (χ1) is 11.1. The van der Waals surface area contributed by atoms with Crippen molar-refractivity contribution >= 4 is 22.1 Å². The Balaban J connectivity index is 1.91. The first kappa shape index (κ1) is 14.1. The number of furan rings is 1. The van der Waals surface area contributed by atoms with E-state index in [1.807, 2.05) is 19.2 Å². The van der Waals surface area contributed by atoms with Crippen molar-refractivity contribution in [3.8, 4) is 0 Å². The zero-order valence-corrected chi connectivity index (χ0v) is 13.6. The molecule has 3 nitrogen and oxygen atoms in total. The minimum Gasteiger partial charge on any atom is -0.437 e. The second-order valence-corrected chi connectivity index (χ2v) is 6.43. The van der Waals surface area contributed by atoms with E-state index in [0.717, 1.165) is 27.6 Å². The highest BCUT2D eigenvalue weighted by Gasteiger charge is 2.19. The Morgan fingerprint density at radius 2 is 2.00 bits per heavy atom. The van der Waals surface area contributed by atoms with Crippen LogP contribution < -0.4 is 5.32 Å². The summed E-state index contributed by atoms with van der Waals surface area (Å²) < 4.78 is 6.11. The highest BCUT2D eigenvalue weighted by atomic mass is 16.3. The predicted octanol–water partition coefficient (Wildman–Crippen LogP) is 5.03. The summed E-state index contributed by atoms with van der Waals surface area (Å²) in [7, 11) is 0. The van der Waals surface area contributed by atoms with E-state index in [1.165, 1.54) is 5.57 Å². The van der Waals surface area contributed by atoms with Crippen LogP contribution in [0.2, 0.25) is 0 Å². The number of para-hydroxylation sites is 1. The molecule has 116 valence electrons. The third kappa shape index (κ3) is 2.33. The molecule has 0 saturated heterocycles. The van der Waals surface area contributed by atoms with Gasteiger partial charge in [-0.15, -0.1) is 0 Å². The van der Waals surface area contributed by atoms with Gasteiger partial charge in [0.15, 0.2) is 0 Å². The van der Waals surface area contributed by atoms with Crippen LogP contribution in [0.15, 0.2) is 58.7 Å². The first-order valence-electron chi connectivity index (χ1n) is 8.06. The fourth-order valence-corrected chi connectivity index (χ4v) is 3.15. The number of nitrogens with one attached hydrogen (secondary N) is 1. The Hall–Kier alpha value is -2.55. The predicted molar refractivity (Wildman–Crippen MR) is 94.2 cm³/mol. The smallest absolute Gasteiger partial charge is 0.227 e. The molecule has 1 N–H and O–H groups in total. The largest absolute Gasteiger partial charge is 0.437 e. The van der Waals surface area contributed by atoms with Crippen molar-refractivity contribution < 1.29 is 4.42 Å². The molecular formula is C20H20N2O. The Morgan fingerprint density at radius 3 is 2.83 bits per heavy atom. The summed E-state index contributed by atoms with van der Waals surface area (Å²) in [5.41, 5.74) is 5.11. The zero-order valence-electron chi connectivity index (χ0n) is 13.6. The van der Waals surface area contributed by atoms with Crippen molar-refractivity contribution in [1.29, 1.82) is 0 Å². The molecule has 0 spiro atoms. The van der Waals surface area contributed by atoms with Gasteiger partial charge in [0, 0.05) is 22.0 Å². The molecule has 0 bridgehead atoms. The molecule has 23 heavy (non-hydrogen) atoms. The number of fused-ring (bicyclic) bond motifs is 3. The van der Waals surface area contributed by atoms with Crippen LogP contribution in [-0.4, -0.2) is 4.98 Å². The number of nitrogens with zero attached hydrogens (tertiary/aromatic N) is 1. The van der Waals surface area contributed by atoms with Gasteiger partial charge in [0.2, 0.25) is 5.71 Å². The maximum absolute atomic E-state index is 6.11. The minimum atomic E-state index is 0.128. The molecule has 2 aromatic heterocycles. The molecule has 1 aromatic carbocycles. The van der Waals surface area contributed by atoms with Crippen molar-refractivity contribution in [3.05, 3.63) is 65.5 Å². The highest BCUT2D eigenvalue weighted by Crippen LogP contribution is 2.34. The van der Waals surface area contributed by atoms with Crippen LogP contribution in [0.5, 0.6) is 0 Å². The van der Waals surface area contributed by atoms with Crippen LogP contribution in [-0.2, 0) is 0 Å². The van der Waals surface area contributed by atoms with Gasteiger partial charge in [0.25, 0.3) is 0 Å². The van der Waals surface area contributed by atoms with Crippen molar-refractivity contribution in [1.82, 2.24) is 10.3 Å². The quantitative estimate of drug-likeness (QED) is 0.721. The van der Waals surface area contributed by atoms with Crippen molar-refractivity contribution in [2.45, 2.75) is 26.8 Å². The van der Waals surface area contributed by atoms with Crippen molar-refractivity contribution in [2.24, 2.45) is 5.92 Å². The van der Waals surface area contributed by atoms with Gasteiger partial charge in [-0.05, 0) is 42.8 Å². The summed E-state index contributed by atoms with van der Waals surface area (Å²) >= 11 is 0. The molecule has 4 rings (SSSR count). The van der Waals surface area contributed by atoms with E-state index in [4.69, 9.17) is 4.42 Å². The lowest BCUT2D eigenvalue weighted by Crippen LogP contribution is -2.17. The fourth-order valence-electron chi connectivity index (χ4n) is 3.15. The Morgan fingerprint density at radius 1 is 1.13 bits per heavy atom. The van der Waals surface area contributed by atoms with Gasteiger partial charge >= 0.3 is 0 Å². The summed E-state index contributed by atoms with van der Waals surface area (Å²) in [4.78, 5) is 4.53. The summed E-state index contributed by atoms with van der Waals surface area (Å²) in [5, 5.41) is 5.63. The molecule has 1 aliphatic rings. The summed E-state index contributed by atoms with van der Waals surface area (Å²) in [6, 6.07) is 10.6.